The molecule has 0 amide bonds. The van der Waals surface area contributed by atoms with Gasteiger partial charge >= 0.3 is 5.97 Å². The van der Waals surface area contributed by atoms with Crippen LogP contribution >= 0.6 is 27.7 Å². The molecular formula is C10H8BrN3O2S. The Hall–Kier alpha value is -1.52. The number of rotatable bonds is 2. The number of nitriles is 1. The average molecular weight is 314 g/mol. The second-order valence-corrected chi connectivity index (χ2v) is 4.57. The van der Waals surface area contributed by atoms with Gasteiger partial charge in [-0.25, -0.2) is 9.79 Å². The molecule has 0 aliphatic rings. The van der Waals surface area contributed by atoms with E-state index in [-0.39, 0.29) is 5.56 Å². The lowest BCUT2D eigenvalue weighted by Crippen LogP contribution is -2.12. The number of hydrogen-bond donors (Lipinski definition) is 2. The molecular weight excluding hydrogens is 306 g/mol. The van der Waals surface area contributed by atoms with Gasteiger partial charge in [0.1, 0.15) is 0 Å². The SMILES string of the molecule is CSC(=Nc1cc(Br)cc(C(=O)O)c1)NC#N. The zero-order valence-corrected chi connectivity index (χ0v) is 11.2. The quantitative estimate of drug-likeness (QED) is 0.379. The molecule has 0 aliphatic carbocycles. The number of hydrogen-bond acceptors (Lipinski definition) is 4. The molecule has 88 valence electrons. The van der Waals surface area contributed by atoms with Crippen LogP contribution < -0.4 is 5.32 Å². The van der Waals surface area contributed by atoms with Crippen molar-refractivity contribution >= 4 is 44.5 Å². The standard InChI is InChI=1S/C10H8BrN3O2S/c1-17-10(13-5-12)14-8-3-6(9(15)16)2-7(11)4-8/h2-4H,1H3,(H,13,14)(H,15,16). The first-order valence-corrected chi connectivity index (χ1v) is 6.40. The summed E-state index contributed by atoms with van der Waals surface area (Å²) in [5, 5.41) is 20.2. The maximum absolute atomic E-state index is 10.8. The van der Waals surface area contributed by atoms with E-state index in [9.17, 15) is 4.79 Å². The van der Waals surface area contributed by atoms with Crippen LogP contribution in [0.15, 0.2) is 27.7 Å². The summed E-state index contributed by atoms with van der Waals surface area (Å²) in [6.45, 7) is 0. The van der Waals surface area contributed by atoms with Crippen LogP contribution in [-0.2, 0) is 0 Å². The number of carboxylic acids is 1. The van der Waals surface area contributed by atoms with Crippen LogP contribution in [0.3, 0.4) is 0 Å². The molecule has 1 aromatic carbocycles. The van der Waals surface area contributed by atoms with Crippen molar-refractivity contribution < 1.29 is 9.90 Å². The van der Waals surface area contributed by atoms with Gasteiger partial charge in [-0.1, -0.05) is 27.7 Å². The van der Waals surface area contributed by atoms with Gasteiger partial charge in [0, 0.05) is 4.47 Å². The molecule has 0 radical (unpaired) electrons. The number of benzene rings is 1. The first-order chi connectivity index (χ1) is 8.06. The Balaban J connectivity index is 3.14. The van der Waals surface area contributed by atoms with Gasteiger partial charge in [0.2, 0.25) is 0 Å². The molecule has 0 aliphatic heterocycles. The van der Waals surface area contributed by atoms with Crippen LogP contribution in [0.4, 0.5) is 5.69 Å². The monoisotopic (exact) mass is 313 g/mol. The minimum atomic E-state index is -1.03. The number of carbonyl (C=O) groups is 1. The lowest BCUT2D eigenvalue weighted by molar-refractivity contribution is 0.0697. The topological polar surface area (TPSA) is 85.5 Å². The number of nitrogens with one attached hydrogen (secondary N) is 1. The molecule has 0 saturated carbocycles. The minimum absolute atomic E-state index is 0.135. The Bertz CT molecular complexity index is 511. The van der Waals surface area contributed by atoms with Gasteiger partial charge in [-0.3, -0.25) is 5.32 Å². The molecule has 0 spiro atoms. The third-order valence-electron chi connectivity index (χ3n) is 1.72. The molecule has 0 fully saturated rings. The molecule has 0 aromatic heterocycles. The Morgan fingerprint density at radius 3 is 2.82 bits per heavy atom. The van der Waals surface area contributed by atoms with Crippen molar-refractivity contribution in [2.24, 2.45) is 4.99 Å². The van der Waals surface area contributed by atoms with Gasteiger partial charge in [0.25, 0.3) is 0 Å². The molecule has 0 saturated heterocycles. The maximum atomic E-state index is 10.8. The summed E-state index contributed by atoms with van der Waals surface area (Å²) in [5.74, 6) is -1.03. The molecule has 0 unspecified atom stereocenters. The van der Waals surface area contributed by atoms with E-state index in [4.69, 9.17) is 10.4 Å². The summed E-state index contributed by atoms with van der Waals surface area (Å²) in [7, 11) is 0. The fourth-order valence-electron chi connectivity index (χ4n) is 1.05. The summed E-state index contributed by atoms with van der Waals surface area (Å²) < 4.78 is 0.619. The van der Waals surface area contributed by atoms with Gasteiger partial charge in [-0.15, -0.1) is 0 Å². The first-order valence-electron chi connectivity index (χ1n) is 4.38. The van der Waals surface area contributed by atoms with Crippen molar-refractivity contribution in [2.45, 2.75) is 0 Å². The highest BCUT2D eigenvalue weighted by molar-refractivity contribution is 9.10. The Morgan fingerprint density at radius 1 is 1.59 bits per heavy atom. The number of aliphatic imine (C=N–C) groups is 1. The van der Waals surface area contributed by atoms with Crippen molar-refractivity contribution in [3.8, 4) is 6.19 Å². The summed E-state index contributed by atoms with van der Waals surface area (Å²) in [6, 6.07) is 4.59. The highest BCUT2D eigenvalue weighted by Crippen LogP contribution is 2.22. The Morgan fingerprint density at radius 2 is 2.29 bits per heavy atom. The van der Waals surface area contributed by atoms with Gasteiger partial charge < -0.3 is 5.11 Å². The molecule has 0 atom stereocenters. The number of halogens is 1. The maximum Gasteiger partial charge on any atom is 0.335 e. The molecule has 0 bridgehead atoms. The van der Waals surface area contributed by atoms with Crippen LogP contribution in [-0.4, -0.2) is 22.5 Å². The normalized spacial score (nSPS) is 10.8. The summed E-state index contributed by atoms with van der Waals surface area (Å²) in [4.78, 5) is 15.0. The van der Waals surface area contributed by atoms with Crippen LogP contribution in [0.2, 0.25) is 0 Å². The van der Waals surface area contributed by atoms with Crippen molar-refractivity contribution in [3.63, 3.8) is 0 Å². The second kappa shape index (κ2) is 6.27. The molecule has 1 rings (SSSR count). The zero-order chi connectivity index (χ0) is 12.8. The number of aromatic carboxylic acids is 1. The number of amidine groups is 1. The number of thioether (sulfide) groups is 1. The predicted octanol–water partition coefficient (Wildman–Crippen LogP) is 2.57. The van der Waals surface area contributed by atoms with Crippen LogP contribution in [0.1, 0.15) is 10.4 Å². The largest absolute Gasteiger partial charge is 0.478 e. The zero-order valence-electron chi connectivity index (χ0n) is 8.77. The highest BCUT2D eigenvalue weighted by atomic mass is 79.9. The van der Waals surface area contributed by atoms with Gasteiger partial charge in [-0.2, -0.15) is 5.26 Å². The van der Waals surface area contributed by atoms with E-state index < -0.39 is 5.97 Å². The lowest BCUT2D eigenvalue weighted by Gasteiger charge is -2.02. The summed E-state index contributed by atoms with van der Waals surface area (Å²) >= 11 is 4.47. The van der Waals surface area contributed by atoms with Gasteiger partial charge in [-0.05, 0) is 24.5 Å². The fourth-order valence-corrected chi connectivity index (χ4v) is 1.88. The molecule has 2 N–H and O–H groups in total. The van der Waals surface area contributed by atoms with Crippen LogP contribution in [0.5, 0.6) is 0 Å². The molecule has 5 nitrogen and oxygen atoms in total. The van der Waals surface area contributed by atoms with Crippen molar-refractivity contribution in [2.75, 3.05) is 6.26 Å². The van der Waals surface area contributed by atoms with E-state index in [1.165, 1.54) is 23.9 Å². The third-order valence-corrected chi connectivity index (χ3v) is 2.75. The third kappa shape index (κ3) is 4.09. The van der Waals surface area contributed by atoms with Gasteiger partial charge in [0.05, 0.1) is 11.3 Å². The van der Waals surface area contributed by atoms with Crippen molar-refractivity contribution in [1.82, 2.24) is 5.32 Å². The second-order valence-electron chi connectivity index (χ2n) is 2.86. The molecule has 1 aromatic rings. The smallest absolute Gasteiger partial charge is 0.335 e. The Labute approximate surface area is 111 Å². The first kappa shape index (κ1) is 13.5. The lowest BCUT2D eigenvalue weighted by atomic mass is 10.2. The van der Waals surface area contributed by atoms with E-state index in [1.807, 2.05) is 0 Å². The number of nitrogens with zero attached hydrogens (tertiary/aromatic N) is 2. The Kier molecular flexibility index (Phi) is 5.00. The predicted molar refractivity (Wildman–Crippen MR) is 70.5 cm³/mol. The van der Waals surface area contributed by atoms with E-state index in [2.05, 4.69) is 26.2 Å². The molecule has 0 heterocycles. The fraction of sp³-hybridized carbons (Fsp3) is 0.100. The van der Waals surface area contributed by atoms with Crippen molar-refractivity contribution in [3.05, 3.63) is 28.2 Å². The van der Waals surface area contributed by atoms with Crippen LogP contribution in [0, 0.1) is 11.5 Å². The summed E-state index contributed by atoms with van der Waals surface area (Å²) in [6.07, 6.45) is 3.52. The number of carboxylic acid groups (broad SMARTS) is 1. The minimum Gasteiger partial charge on any atom is -0.478 e. The molecule has 17 heavy (non-hydrogen) atoms. The molecule has 7 heteroatoms. The summed E-state index contributed by atoms with van der Waals surface area (Å²) in [5.41, 5.74) is 0.597. The van der Waals surface area contributed by atoms with E-state index >= 15 is 0 Å². The van der Waals surface area contributed by atoms with Gasteiger partial charge in [0.15, 0.2) is 11.4 Å². The van der Waals surface area contributed by atoms with Crippen LogP contribution in [0.25, 0.3) is 0 Å². The average Bonchev–Trinajstić information content (AvgIpc) is 2.27. The van der Waals surface area contributed by atoms with E-state index in [0.29, 0.717) is 15.3 Å². The van der Waals surface area contributed by atoms with Crippen molar-refractivity contribution in [1.29, 1.82) is 5.26 Å². The van der Waals surface area contributed by atoms with E-state index in [1.54, 1.807) is 18.5 Å². The van der Waals surface area contributed by atoms with E-state index in [0.717, 1.165) is 0 Å². The highest BCUT2D eigenvalue weighted by Gasteiger charge is 2.06.